The normalized spacial score (nSPS) is 23.8. The number of alkyl halides is 3. The molecule has 0 bridgehead atoms. The molecule has 1 aliphatic carbocycles. The molecule has 114 valence electrons. The highest BCUT2D eigenvalue weighted by Gasteiger charge is 2.21. The summed E-state index contributed by atoms with van der Waals surface area (Å²) < 4.78 is 29.7. The minimum absolute atomic E-state index is 0.0161. The summed E-state index contributed by atoms with van der Waals surface area (Å²) in [7, 11) is 0. The van der Waals surface area contributed by atoms with E-state index in [1.807, 2.05) is 0 Å². The van der Waals surface area contributed by atoms with Crippen molar-refractivity contribution < 1.29 is 23.4 Å². The fourth-order valence-electron chi connectivity index (χ4n) is 2.84. The second-order valence-electron chi connectivity index (χ2n) is 5.50. The molecule has 1 saturated carbocycles. The first kappa shape index (κ1) is 16.7. The van der Waals surface area contributed by atoms with Crippen LogP contribution >= 0.6 is 0 Å². The Morgan fingerprint density at radius 1 is 0.947 bits per heavy atom. The van der Waals surface area contributed by atoms with Gasteiger partial charge in [0.25, 0.3) is 0 Å². The lowest BCUT2D eigenvalue weighted by Crippen LogP contribution is -2.39. The quantitative estimate of drug-likeness (QED) is 0.818. The zero-order valence-electron chi connectivity index (χ0n) is 11.2. The van der Waals surface area contributed by atoms with E-state index in [1.165, 1.54) is 38.6 Å². The fourth-order valence-corrected chi connectivity index (χ4v) is 2.84. The lowest BCUT2D eigenvalue weighted by molar-refractivity contribution is -0.295. The average Bonchev–Trinajstić information content (AvgIpc) is 2.31. The first-order chi connectivity index (χ1) is 8.84. The van der Waals surface area contributed by atoms with Gasteiger partial charge in [0, 0.05) is 19.6 Å². The van der Waals surface area contributed by atoms with E-state index >= 15 is 0 Å². The number of aliphatic hydroxyl groups is 2. The maximum atomic E-state index is 9.91. The summed E-state index contributed by atoms with van der Waals surface area (Å²) in [6.45, 7) is 3.54. The number of likely N-dealkylation sites (tertiary alicyclic amines) is 1. The van der Waals surface area contributed by atoms with E-state index in [2.05, 4.69) is 4.90 Å². The molecular formula is C13H24F3NO2. The van der Waals surface area contributed by atoms with Gasteiger partial charge in [0.15, 0.2) is 0 Å². The van der Waals surface area contributed by atoms with E-state index in [-0.39, 0.29) is 6.10 Å². The van der Waals surface area contributed by atoms with E-state index in [0.717, 1.165) is 31.8 Å². The molecule has 0 unspecified atom stereocenters. The lowest BCUT2D eigenvalue weighted by atomic mass is 9.88. The predicted octanol–water partition coefficient (Wildman–Crippen LogP) is 2.52. The third kappa shape index (κ3) is 9.24. The van der Waals surface area contributed by atoms with Crippen molar-refractivity contribution in [3.05, 3.63) is 0 Å². The summed E-state index contributed by atoms with van der Waals surface area (Å²) in [5, 5.41) is 15.9. The van der Waals surface area contributed by atoms with E-state index in [9.17, 15) is 18.3 Å². The van der Waals surface area contributed by atoms with E-state index in [4.69, 9.17) is 5.11 Å². The van der Waals surface area contributed by atoms with Gasteiger partial charge in [0.05, 0.1) is 6.10 Å². The summed E-state index contributed by atoms with van der Waals surface area (Å²) in [5.41, 5.74) is 0. The van der Waals surface area contributed by atoms with Gasteiger partial charge in [-0.3, -0.25) is 0 Å². The molecule has 1 saturated heterocycles. The third-order valence-corrected chi connectivity index (χ3v) is 3.80. The van der Waals surface area contributed by atoms with Crippen molar-refractivity contribution in [1.82, 2.24) is 4.90 Å². The molecule has 6 heteroatoms. The fraction of sp³-hybridized carbons (Fsp3) is 1.00. The third-order valence-electron chi connectivity index (χ3n) is 3.80. The smallest absolute Gasteiger partial charge is 0.393 e. The van der Waals surface area contributed by atoms with Crippen molar-refractivity contribution >= 4 is 0 Å². The van der Waals surface area contributed by atoms with Gasteiger partial charge in [-0.15, -0.1) is 13.2 Å². The number of hydrogen-bond donors (Lipinski definition) is 2. The molecule has 0 radical (unpaired) electrons. The lowest BCUT2D eigenvalue weighted by Gasteiger charge is -2.33. The van der Waals surface area contributed by atoms with Gasteiger partial charge in [0.1, 0.15) is 0 Å². The van der Waals surface area contributed by atoms with Crippen LogP contribution in [0.25, 0.3) is 0 Å². The van der Waals surface area contributed by atoms with Crippen molar-refractivity contribution in [2.75, 3.05) is 19.6 Å². The monoisotopic (exact) mass is 283 g/mol. The molecule has 2 fully saturated rings. The maximum Gasteiger partial charge on any atom is 0.519 e. The molecule has 0 aromatic carbocycles. The van der Waals surface area contributed by atoms with Crippen LogP contribution < -0.4 is 0 Å². The van der Waals surface area contributed by atoms with Crippen LogP contribution in [-0.4, -0.2) is 47.2 Å². The summed E-state index contributed by atoms with van der Waals surface area (Å²) >= 11 is 0. The maximum absolute atomic E-state index is 9.91. The Hall–Kier alpha value is -0.330. The summed E-state index contributed by atoms with van der Waals surface area (Å²) in [4.78, 5) is 2.56. The van der Waals surface area contributed by atoms with E-state index in [0.29, 0.717) is 0 Å². The zero-order chi connectivity index (χ0) is 14.3. The largest absolute Gasteiger partial charge is 0.519 e. The van der Waals surface area contributed by atoms with Crippen LogP contribution in [0.2, 0.25) is 0 Å². The molecule has 0 atom stereocenters. The van der Waals surface area contributed by atoms with Crippen molar-refractivity contribution in [3.63, 3.8) is 0 Å². The molecule has 0 amide bonds. The molecule has 1 aliphatic heterocycles. The Morgan fingerprint density at radius 3 is 1.89 bits per heavy atom. The van der Waals surface area contributed by atoms with Crippen molar-refractivity contribution in [3.8, 4) is 0 Å². The minimum atomic E-state index is -5.00. The Balaban J connectivity index is 0.000000312. The van der Waals surface area contributed by atoms with E-state index in [1.54, 1.807) is 0 Å². The summed E-state index contributed by atoms with van der Waals surface area (Å²) in [6.07, 6.45) is 4.20. The number of piperidine rings is 1. The molecule has 1 heterocycles. The molecule has 0 aromatic rings. The van der Waals surface area contributed by atoms with Gasteiger partial charge in [0.2, 0.25) is 0 Å². The Morgan fingerprint density at radius 2 is 1.42 bits per heavy atom. The molecule has 3 nitrogen and oxygen atoms in total. The predicted molar refractivity (Wildman–Crippen MR) is 66.5 cm³/mol. The second-order valence-corrected chi connectivity index (χ2v) is 5.50. The molecule has 2 N–H and O–H groups in total. The van der Waals surface area contributed by atoms with Crippen LogP contribution in [0, 0.1) is 5.92 Å². The highest BCUT2D eigenvalue weighted by Crippen LogP contribution is 2.25. The average molecular weight is 283 g/mol. The summed E-state index contributed by atoms with van der Waals surface area (Å²) in [5.74, 6) is 0.957. The van der Waals surface area contributed by atoms with Gasteiger partial charge < -0.3 is 15.1 Å². The minimum Gasteiger partial charge on any atom is -0.393 e. The van der Waals surface area contributed by atoms with Crippen LogP contribution in [0.1, 0.15) is 44.9 Å². The van der Waals surface area contributed by atoms with Crippen LogP contribution in [0.15, 0.2) is 0 Å². The highest BCUT2D eigenvalue weighted by atomic mass is 19.4. The molecule has 0 spiro atoms. The van der Waals surface area contributed by atoms with Gasteiger partial charge in [-0.25, -0.2) is 0 Å². The van der Waals surface area contributed by atoms with Gasteiger partial charge in [-0.1, -0.05) is 19.3 Å². The molecule has 2 rings (SSSR count). The van der Waals surface area contributed by atoms with Gasteiger partial charge >= 0.3 is 6.36 Å². The SMILES string of the molecule is OC(F)(F)F.OC1CCN(CC2CCCCC2)CC1. The molecule has 19 heavy (non-hydrogen) atoms. The van der Waals surface area contributed by atoms with Gasteiger partial charge in [-0.05, 0) is 31.6 Å². The Bertz CT molecular complexity index is 229. The molecular weight excluding hydrogens is 259 g/mol. The van der Waals surface area contributed by atoms with Crippen LogP contribution in [0.3, 0.4) is 0 Å². The second kappa shape index (κ2) is 8.07. The van der Waals surface area contributed by atoms with E-state index < -0.39 is 6.36 Å². The Kier molecular flexibility index (Phi) is 7.10. The number of nitrogens with zero attached hydrogens (tertiary/aromatic N) is 1. The standard InChI is InChI=1S/C12H23NO.CHF3O/c14-12-6-8-13(9-7-12)10-11-4-2-1-3-5-11;2-1(3,4)5/h11-12,14H,1-10H2;5H. The van der Waals surface area contributed by atoms with Crippen molar-refractivity contribution in [2.24, 2.45) is 5.92 Å². The Labute approximate surface area is 112 Å². The van der Waals surface area contributed by atoms with Crippen LogP contribution in [-0.2, 0) is 0 Å². The highest BCUT2D eigenvalue weighted by molar-refractivity contribution is 4.75. The van der Waals surface area contributed by atoms with Gasteiger partial charge in [-0.2, -0.15) is 0 Å². The number of aliphatic hydroxyl groups excluding tert-OH is 1. The molecule has 2 aliphatic rings. The van der Waals surface area contributed by atoms with Crippen LogP contribution in [0.5, 0.6) is 0 Å². The first-order valence-corrected chi connectivity index (χ1v) is 7.04. The van der Waals surface area contributed by atoms with Crippen LogP contribution in [0.4, 0.5) is 13.2 Å². The number of hydrogen-bond acceptors (Lipinski definition) is 3. The van der Waals surface area contributed by atoms with Crippen molar-refractivity contribution in [1.29, 1.82) is 0 Å². The zero-order valence-corrected chi connectivity index (χ0v) is 11.2. The van der Waals surface area contributed by atoms with Crippen molar-refractivity contribution in [2.45, 2.75) is 57.4 Å². The topological polar surface area (TPSA) is 43.7 Å². The summed E-state index contributed by atoms with van der Waals surface area (Å²) in [6, 6.07) is 0. The molecule has 0 aromatic heterocycles. The number of halogens is 3. The number of rotatable bonds is 2. The first-order valence-electron chi connectivity index (χ1n) is 7.04.